The van der Waals surface area contributed by atoms with E-state index in [9.17, 15) is 9.59 Å². The van der Waals surface area contributed by atoms with Crippen LogP contribution in [0.4, 0.5) is 0 Å². The van der Waals surface area contributed by atoms with Crippen molar-refractivity contribution in [3.8, 4) is 0 Å². The fraction of sp³-hybridized carbons (Fsp3) is 0.429. The molecule has 18 heavy (non-hydrogen) atoms. The van der Waals surface area contributed by atoms with Gasteiger partial charge in [0, 0.05) is 12.0 Å². The lowest BCUT2D eigenvalue weighted by molar-refractivity contribution is -0.144. The van der Waals surface area contributed by atoms with Crippen molar-refractivity contribution in [1.29, 1.82) is 0 Å². The third-order valence-electron chi connectivity index (χ3n) is 3.45. The highest BCUT2D eigenvalue weighted by molar-refractivity contribution is 5.98. The Hall–Kier alpha value is -1.84. The minimum absolute atomic E-state index is 0.000150. The van der Waals surface area contributed by atoms with Crippen molar-refractivity contribution in [2.24, 2.45) is 5.92 Å². The van der Waals surface area contributed by atoms with Crippen molar-refractivity contribution < 1.29 is 14.3 Å². The average molecular weight is 247 g/mol. The van der Waals surface area contributed by atoms with Crippen LogP contribution in [0.25, 0.3) is 0 Å². The minimum Gasteiger partial charge on any atom is -0.464 e. The largest absolute Gasteiger partial charge is 0.464 e. The van der Waals surface area contributed by atoms with Crippen LogP contribution in [0.5, 0.6) is 0 Å². The first-order valence-corrected chi connectivity index (χ1v) is 6.11. The molecular formula is C14H17NO3. The van der Waals surface area contributed by atoms with Gasteiger partial charge in [0.15, 0.2) is 0 Å². The molecule has 0 saturated carbocycles. The summed E-state index contributed by atoms with van der Waals surface area (Å²) in [5.74, 6) is -0.565. The summed E-state index contributed by atoms with van der Waals surface area (Å²) < 4.78 is 5.01. The molecule has 96 valence electrons. The second kappa shape index (κ2) is 4.80. The molecule has 0 aliphatic carbocycles. The summed E-state index contributed by atoms with van der Waals surface area (Å²) in [6, 6.07) is 8.89. The highest BCUT2D eigenvalue weighted by Gasteiger charge is 2.48. The second-order valence-corrected chi connectivity index (χ2v) is 4.83. The van der Waals surface area contributed by atoms with E-state index in [0.29, 0.717) is 18.6 Å². The van der Waals surface area contributed by atoms with Gasteiger partial charge >= 0.3 is 5.97 Å². The number of cyclic esters (lactones) is 1. The molecule has 0 aromatic heterocycles. The Kier molecular flexibility index (Phi) is 3.36. The Morgan fingerprint density at radius 2 is 2.00 bits per heavy atom. The number of hydrogen-bond donors (Lipinski definition) is 1. The van der Waals surface area contributed by atoms with Crippen molar-refractivity contribution in [1.82, 2.24) is 5.32 Å². The normalized spacial score (nSPS) is 22.9. The Balaban J connectivity index is 2.21. The summed E-state index contributed by atoms with van der Waals surface area (Å²) in [6.07, 6.45) is 0.530. The Labute approximate surface area is 106 Å². The summed E-state index contributed by atoms with van der Waals surface area (Å²) in [5.41, 5.74) is -0.329. The van der Waals surface area contributed by atoms with Gasteiger partial charge in [-0.25, -0.2) is 4.79 Å². The van der Waals surface area contributed by atoms with Gasteiger partial charge in [0.25, 0.3) is 5.91 Å². The van der Waals surface area contributed by atoms with Crippen LogP contribution >= 0.6 is 0 Å². The Morgan fingerprint density at radius 3 is 2.50 bits per heavy atom. The van der Waals surface area contributed by atoms with Crippen molar-refractivity contribution in [2.45, 2.75) is 25.8 Å². The number of ether oxygens (including phenoxy) is 1. The Bertz CT molecular complexity index is 455. The number of carbonyl (C=O) groups is 2. The number of hydrogen-bond acceptors (Lipinski definition) is 3. The van der Waals surface area contributed by atoms with E-state index in [1.807, 2.05) is 19.9 Å². The van der Waals surface area contributed by atoms with Crippen LogP contribution in [-0.2, 0) is 9.53 Å². The van der Waals surface area contributed by atoms with E-state index in [1.54, 1.807) is 24.3 Å². The lowest BCUT2D eigenvalue weighted by Gasteiger charge is -2.30. The van der Waals surface area contributed by atoms with Crippen molar-refractivity contribution >= 4 is 11.9 Å². The number of esters is 1. The molecule has 1 fully saturated rings. The van der Waals surface area contributed by atoms with Gasteiger partial charge < -0.3 is 10.1 Å². The third kappa shape index (κ3) is 2.10. The number of carbonyl (C=O) groups excluding carboxylic acids is 2. The topological polar surface area (TPSA) is 55.4 Å². The summed E-state index contributed by atoms with van der Waals surface area (Å²) in [4.78, 5) is 24.0. The highest BCUT2D eigenvalue weighted by atomic mass is 16.5. The lowest BCUT2D eigenvalue weighted by Crippen LogP contribution is -2.55. The maximum absolute atomic E-state index is 12.1. The number of benzene rings is 1. The van der Waals surface area contributed by atoms with Crippen molar-refractivity contribution in [3.05, 3.63) is 35.9 Å². The molecule has 0 unspecified atom stereocenters. The van der Waals surface area contributed by atoms with Gasteiger partial charge in [-0.05, 0) is 18.1 Å². The van der Waals surface area contributed by atoms with Gasteiger partial charge in [0.05, 0.1) is 6.61 Å². The van der Waals surface area contributed by atoms with Crippen LogP contribution in [0.1, 0.15) is 30.6 Å². The second-order valence-electron chi connectivity index (χ2n) is 4.83. The van der Waals surface area contributed by atoms with E-state index in [0.717, 1.165) is 0 Å². The zero-order valence-corrected chi connectivity index (χ0v) is 10.6. The summed E-state index contributed by atoms with van der Waals surface area (Å²) in [6.45, 7) is 4.20. The molecule has 1 aromatic rings. The van der Waals surface area contributed by atoms with E-state index in [4.69, 9.17) is 4.74 Å². The molecule has 0 radical (unpaired) electrons. The van der Waals surface area contributed by atoms with Crippen LogP contribution < -0.4 is 5.32 Å². The van der Waals surface area contributed by atoms with E-state index in [-0.39, 0.29) is 17.8 Å². The quantitative estimate of drug-likeness (QED) is 0.828. The standard InChI is InChI=1S/C14H17NO3/c1-10(2)14(8-9-18-13(14)17)15-12(16)11-6-4-3-5-7-11/h3-7,10H,8-9H2,1-2H3,(H,15,16)/t14-/m1/s1. The number of amides is 1. The Morgan fingerprint density at radius 1 is 1.33 bits per heavy atom. The van der Waals surface area contributed by atoms with Gasteiger partial charge in [0.1, 0.15) is 5.54 Å². The monoisotopic (exact) mass is 247 g/mol. The first-order chi connectivity index (χ1) is 8.56. The predicted octanol–water partition coefficient (Wildman–Crippen LogP) is 1.76. The number of nitrogens with one attached hydrogen (secondary N) is 1. The maximum atomic E-state index is 12.1. The van der Waals surface area contributed by atoms with Gasteiger partial charge in [-0.1, -0.05) is 32.0 Å². The van der Waals surface area contributed by atoms with Gasteiger partial charge in [0.2, 0.25) is 0 Å². The summed E-state index contributed by atoms with van der Waals surface area (Å²) in [5, 5.41) is 2.84. The highest BCUT2D eigenvalue weighted by Crippen LogP contribution is 2.28. The first-order valence-electron chi connectivity index (χ1n) is 6.11. The zero-order valence-electron chi connectivity index (χ0n) is 10.6. The van der Waals surface area contributed by atoms with Crippen LogP contribution in [0.2, 0.25) is 0 Å². The molecule has 1 saturated heterocycles. The van der Waals surface area contributed by atoms with Crippen LogP contribution in [0, 0.1) is 5.92 Å². The molecule has 4 heteroatoms. The smallest absolute Gasteiger partial charge is 0.332 e. The first kappa shape index (κ1) is 12.6. The predicted molar refractivity (Wildman–Crippen MR) is 67.1 cm³/mol. The van der Waals surface area contributed by atoms with Crippen molar-refractivity contribution in [2.75, 3.05) is 6.61 Å². The molecule has 1 aliphatic rings. The molecular weight excluding hydrogens is 230 g/mol. The van der Waals surface area contributed by atoms with Crippen LogP contribution in [0.15, 0.2) is 30.3 Å². The van der Waals surface area contributed by atoms with Crippen LogP contribution in [-0.4, -0.2) is 24.0 Å². The fourth-order valence-electron chi connectivity index (χ4n) is 2.18. The van der Waals surface area contributed by atoms with Crippen LogP contribution in [0.3, 0.4) is 0 Å². The number of rotatable bonds is 3. The molecule has 0 bridgehead atoms. The molecule has 1 heterocycles. The molecule has 0 spiro atoms. The molecule has 1 N–H and O–H groups in total. The average Bonchev–Trinajstić information content (AvgIpc) is 2.73. The SMILES string of the molecule is CC(C)[C@]1(NC(=O)c2ccccc2)CCOC1=O. The van der Waals surface area contributed by atoms with Gasteiger partial charge in [-0.3, -0.25) is 4.79 Å². The molecule has 4 nitrogen and oxygen atoms in total. The molecule has 1 atom stereocenters. The molecule has 1 aliphatic heterocycles. The van der Waals surface area contributed by atoms with E-state index < -0.39 is 5.54 Å². The zero-order chi connectivity index (χ0) is 13.2. The van der Waals surface area contributed by atoms with Crippen molar-refractivity contribution in [3.63, 3.8) is 0 Å². The van der Waals surface area contributed by atoms with E-state index >= 15 is 0 Å². The minimum atomic E-state index is -0.882. The fourth-order valence-corrected chi connectivity index (χ4v) is 2.18. The maximum Gasteiger partial charge on any atom is 0.332 e. The van der Waals surface area contributed by atoms with E-state index in [1.165, 1.54) is 0 Å². The molecule has 2 rings (SSSR count). The third-order valence-corrected chi connectivity index (χ3v) is 3.45. The van der Waals surface area contributed by atoms with Gasteiger partial charge in [-0.15, -0.1) is 0 Å². The summed E-state index contributed by atoms with van der Waals surface area (Å²) in [7, 11) is 0. The lowest BCUT2D eigenvalue weighted by atomic mass is 9.84. The molecule has 1 amide bonds. The summed E-state index contributed by atoms with van der Waals surface area (Å²) >= 11 is 0. The van der Waals surface area contributed by atoms with E-state index in [2.05, 4.69) is 5.32 Å². The van der Waals surface area contributed by atoms with Gasteiger partial charge in [-0.2, -0.15) is 0 Å². The molecule has 1 aromatic carbocycles.